The number of aliphatic hydroxyl groups excluding tert-OH is 1. The highest BCUT2D eigenvalue weighted by molar-refractivity contribution is 6.35. The van der Waals surface area contributed by atoms with Crippen molar-refractivity contribution in [2.75, 3.05) is 26.2 Å². The number of hydrogen-bond acceptors (Lipinski definition) is 4. The van der Waals surface area contributed by atoms with E-state index in [-0.39, 0.29) is 11.5 Å². The molecule has 0 saturated carbocycles. The van der Waals surface area contributed by atoms with Gasteiger partial charge < -0.3 is 10.0 Å². The molecule has 0 bridgehead atoms. The average molecular weight is 300 g/mol. The Bertz CT molecular complexity index is 613. The maximum atomic E-state index is 12.4. The molecule has 1 aromatic rings. The van der Waals surface area contributed by atoms with Crippen molar-refractivity contribution in [3.8, 4) is 0 Å². The van der Waals surface area contributed by atoms with Gasteiger partial charge in [-0.05, 0) is 33.0 Å². The Morgan fingerprint density at radius 1 is 1.18 bits per heavy atom. The van der Waals surface area contributed by atoms with Crippen molar-refractivity contribution in [3.05, 3.63) is 41.0 Å². The van der Waals surface area contributed by atoms with Gasteiger partial charge in [-0.3, -0.25) is 9.79 Å². The van der Waals surface area contributed by atoms with Crippen LogP contribution in [-0.4, -0.2) is 47.7 Å². The van der Waals surface area contributed by atoms with Crippen molar-refractivity contribution in [1.29, 1.82) is 0 Å². The van der Waals surface area contributed by atoms with Crippen LogP contribution in [-0.2, 0) is 0 Å². The van der Waals surface area contributed by atoms with Crippen LogP contribution in [0.1, 0.15) is 43.1 Å². The number of rotatable bonds is 7. The third-order valence-electron chi connectivity index (χ3n) is 4.13. The predicted octanol–water partition coefficient (Wildman–Crippen LogP) is 3.34. The molecule has 0 aliphatic heterocycles. The Morgan fingerprint density at radius 3 is 2.41 bits per heavy atom. The normalized spacial score (nSPS) is 14.9. The van der Waals surface area contributed by atoms with E-state index in [2.05, 4.69) is 23.7 Å². The van der Waals surface area contributed by atoms with Crippen molar-refractivity contribution < 1.29 is 9.90 Å². The Kier molecular flexibility index (Phi) is 5.50. The summed E-state index contributed by atoms with van der Waals surface area (Å²) in [5, 5.41) is 10.3. The lowest BCUT2D eigenvalue weighted by molar-refractivity contribution is 0.104. The number of ketones is 1. The molecule has 4 nitrogen and oxygen atoms in total. The second-order valence-electron chi connectivity index (χ2n) is 5.45. The molecule has 0 aromatic heterocycles. The van der Waals surface area contributed by atoms with Crippen molar-refractivity contribution >= 4 is 17.3 Å². The molecule has 1 aliphatic rings. The number of allylic oxidation sites excluding steroid dienone is 1. The van der Waals surface area contributed by atoms with Gasteiger partial charge in [0.05, 0.1) is 5.57 Å². The van der Waals surface area contributed by atoms with E-state index in [0.717, 1.165) is 26.1 Å². The molecule has 0 spiro atoms. The van der Waals surface area contributed by atoms with Gasteiger partial charge in [0.2, 0.25) is 0 Å². The number of aliphatic hydroxyl groups is 1. The quantitative estimate of drug-likeness (QED) is 0.620. The largest absolute Gasteiger partial charge is 0.506 e. The standard InChI is InChI=1S/C18H24N2O2/c1-4-20(5-2)12-8-11-19-13(3)16-17(21)14-9-6-7-10-15(14)18(16)22/h6-7,9-10,21H,4-5,8,11-12H2,1-3H3. The van der Waals surface area contributed by atoms with Gasteiger partial charge >= 0.3 is 0 Å². The number of aliphatic imine (C=N–C) groups is 1. The predicted molar refractivity (Wildman–Crippen MR) is 90.7 cm³/mol. The zero-order valence-corrected chi connectivity index (χ0v) is 13.6. The summed E-state index contributed by atoms with van der Waals surface area (Å²) in [6, 6.07) is 7.14. The minimum atomic E-state index is -0.127. The molecule has 1 N–H and O–H groups in total. The van der Waals surface area contributed by atoms with E-state index >= 15 is 0 Å². The van der Waals surface area contributed by atoms with E-state index in [9.17, 15) is 9.90 Å². The summed E-state index contributed by atoms with van der Waals surface area (Å²) in [6.07, 6.45) is 0.953. The van der Waals surface area contributed by atoms with Gasteiger partial charge in [0.1, 0.15) is 5.76 Å². The topological polar surface area (TPSA) is 52.9 Å². The Balaban J connectivity index is 2.04. The molecule has 0 radical (unpaired) electrons. The van der Waals surface area contributed by atoms with Crippen molar-refractivity contribution in [2.45, 2.75) is 27.2 Å². The summed E-state index contributed by atoms with van der Waals surface area (Å²) in [4.78, 5) is 19.2. The highest BCUT2D eigenvalue weighted by atomic mass is 16.3. The van der Waals surface area contributed by atoms with Crippen LogP contribution >= 0.6 is 0 Å². The molecule has 0 atom stereocenters. The number of carbonyl (C=O) groups is 1. The number of benzene rings is 1. The first-order valence-corrected chi connectivity index (χ1v) is 7.91. The zero-order chi connectivity index (χ0) is 16.1. The van der Waals surface area contributed by atoms with E-state index < -0.39 is 0 Å². The van der Waals surface area contributed by atoms with Crippen LogP contribution in [0.15, 0.2) is 34.8 Å². The summed E-state index contributed by atoms with van der Waals surface area (Å²) >= 11 is 0. The van der Waals surface area contributed by atoms with Crippen molar-refractivity contribution in [1.82, 2.24) is 4.90 Å². The van der Waals surface area contributed by atoms with Gasteiger partial charge in [-0.1, -0.05) is 38.1 Å². The van der Waals surface area contributed by atoms with Crippen molar-refractivity contribution in [3.63, 3.8) is 0 Å². The van der Waals surface area contributed by atoms with Crippen LogP contribution in [0.2, 0.25) is 0 Å². The number of nitrogens with zero attached hydrogens (tertiary/aromatic N) is 2. The molecule has 22 heavy (non-hydrogen) atoms. The van der Waals surface area contributed by atoms with E-state index in [4.69, 9.17) is 0 Å². The first-order valence-electron chi connectivity index (χ1n) is 7.91. The van der Waals surface area contributed by atoms with Gasteiger partial charge in [-0.25, -0.2) is 0 Å². The number of hydrogen-bond donors (Lipinski definition) is 1. The summed E-state index contributed by atoms with van der Waals surface area (Å²) in [5.41, 5.74) is 2.15. The van der Waals surface area contributed by atoms with Crippen LogP contribution in [0.25, 0.3) is 5.76 Å². The Labute approximate surface area is 132 Å². The molecule has 2 rings (SSSR count). The van der Waals surface area contributed by atoms with E-state index in [0.29, 0.717) is 29.0 Å². The summed E-state index contributed by atoms with van der Waals surface area (Å²) in [7, 11) is 0. The third kappa shape index (κ3) is 3.28. The van der Waals surface area contributed by atoms with E-state index in [1.165, 1.54) is 0 Å². The molecule has 0 heterocycles. The van der Waals surface area contributed by atoms with Gasteiger partial charge in [0, 0.05) is 23.4 Å². The fraction of sp³-hybridized carbons (Fsp3) is 0.444. The molecule has 0 amide bonds. The maximum Gasteiger partial charge on any atom is 0.199 e. The summed E-state index contributed by atoms with van der Waals surface area (Å²) in [5.74, 6) is -0.0660. The highest BCUT2D eigenvalue weighted by Crippen LogP contribution is 2.31. The molecule has 1 aromatic carbocycles. The van der Waals surface area contributed by atoms with Crippen LogP contribution in [0.5, 0.6) is 0 Å². The van der Waals surface area contributed by atoms with Crippen molar-refractivity contribution in [2.24, 2.45) is 4.99 Å². The van der Waals surface area contributed by atoms with Crippen LogP contribution in [0, 0.1) is 0 Å². The number of fused-ring (bicyclic) bond motifs is 1. The van der Waals surface area contributed by atoms with Crippen LogP contribution in [0.4, 0.5) is 0 Å². The second-order valence-corrected chi connectivity index (χ2v) is 5.45. The minimum Gasteiger partial charge on any atom is -0.506 e. The monoisotopic (exact) mass is 300 g/mol. The Morgan fingerprint density at radius 2 is 1.82 bits per heavy atom. The number of Topliss-reactive ketones (excluding diaryl/α,β-unsaturated/α-hetero) is 1. The third-order valence-corrected chi connectivity index (χ3v) is 4.13. The Hall–Kier alpha value is -1.94. The zero-order valence-electron chi connectivity index (χ0n) is 13.6. The van der Waals surface area contributed by atoms with Crippen LogP contribution in [0.3, 0.4) is 0 Å². The van der Waals surface area contributed by atoms with Crippen LogP contribution < -0.4 is 0 Å². The molecule has 0 fully saturated rings. The minimum absolute atomic E-state index is 0.0607. The van der Waals surface area contributed by atoms with Gasteiger partial charge in [0.15, 0.2) is 5.78 Å². The molecule has 1 aliphatic carbocycles. The molecule has 4 heteroatoms. The fourth-order valence-electron chi connectivity index (χ4n) is 2.76. The van der Waals surface area contributed by atoms with E-state index in [1.807, 2.05) is 12.1 Å². The molecular weight excluding hydrogens is 276 g/mol. The summed E-state index contributed by atoms with van der Waals surface area (Å²) < 4.78 is 0. The lowest BCUT2D eigenvalue weighted by Gasteiger charge is -2.16. The molecular formula is C18H24N2O2. The number of carbonyl (C=O) groups excluding carboxylic acids is 1. The fourth-order valence-corrected chi connectivity index (χ4v) is 2.76. The highest BCUT2D eigenvalue weighted by Gasteiger charge is 2.30. The SMILES string of the molecule is CCN(CC)CCCN=C(C)C1=C(O)c2ccccc2C1=O. The molecule has 0 saturated heterocycles. The lowest BCUT2D eigenvalue weighted by Crippen LogP contribution is -2.24. The van der Waals surface area contributed by atoms with Gasteiger partial charge in [-0.2, -0.15) is 0 Å². The van der Waals surface area contributed by atoms with E-state index in [1.54, 1.807) is 19.1 Å². The summed E-state index contributed by atoms with van der Waals surface area (Å²) in [6.45, 7) is 9.85. The maximum absolute atomic E-state index is 12.4. The smallest absolute Gasteiger partial charge is 0.199 e. The first-order chi connectivity index (χ1) is 10.6. The first kappa shape index (κ1) is 16.4. The molecule has 118 valence electrons. The molecule has 0 unspecified atom stereocenters. The van der Waals surface area contributed by atoms with Gasteiger partial charge in [0.25, 0.3) is 0 Å². The average Bonchev–Trinajstić information content (AvgIpc) is 2.79. The van der Waals surface area contributed by atoms with Gasteiger partial charge in [-0.15, -0.1) is 0 Å². The second kappa shape index (κ2) is 7.36. The lowest BCUT2D eigenvalue weighted by atomic mass is 10.1.